The number of sulfonamides is 1. The number of carbonyl (C=O) groups excluding carboxylic acids is 1. The first-order valence-electron chi connectivity index (χ1n) is 8.93. The summed E-state index contributed by atoms with van der Waals surface area (Å²) in [6.07, 6.45) is 0. The summed E-state index contributed by atoms with van der Waals surface area (Å²) < 4.78 is 41.5. The number of amides is 1. The van der Waals surface area contributed by atoms with Gasteiger partial charge < -0.3 is 5.32 Å². The Hall–Kier alpha value is -3.19. The molecule has 0 fully saturated rings. The third kappa shape index (κ3) is 4.81. The van der Waals surface area contributed by atoms with E-state index in [0.29, 0.717) is 16.9 Å². The Balaban J connectivity index is 1.89. The van der Waals surface area contributed by atoms with Gasteiger partial charge in [0.05, 0.1) is 10.6 Å². The second-order valence-electron chi connectivity index (χ2n) is 6.87. The van der Waals surface area contributed by atoms with Gasteiger partial charge in [-0.2, -0.15) is 0 Å². The fourth-order valence-corrected chi connectivity index (χ4v) is 4.30. The monoisotopic (exact) mass is 412 g/mol. The van der Waals surface area contributed by atoms with E-state index in [1.54, 1.807) is 25.1 Å². The van der Waals surface area contributed by atoms with Crippen molar-refractivity contribution in [2.45, 2.75) is 25.7 Å². The van der Waals surface area contributed by atoms with Gasteiger partial charge in [0.2, 0.25) is 0 Å². The van der Waals surface area contributed by atoms with Crippen molar-refractivity contribution < 1.29 is 17.6 Å². The largest absolute Gasteiger partial charge is 0.322 e. The molecule has 1 amide bonds. The van der Waals surface area contributed by atoms with Gasteiger partial charge >= 0.3 is 0 Å². The lowest BCUT2D eigenvalue weighted by Crippen LogP contribution is -2.17. The minimum Gasteiger partial charge on any atom is -0.322 e. The quantitative estimate of drug-likeness (QED) is 0.632. The van der Waals surface area contributed by atoms with Gasteiger partial charge in [0.15, 0.2) is 0 Å². The molecule has 3 aromatic rings. The molecule has 0 aliphatic rings. The Kier molecular flexibility index (Phi) is 5.70. The van der Waals surface area contributed by atoms with Crippen LogP contribution in [0.1, 0.15) is 27.0 Å². The van der Waals surface area contributed by atoms with Gasteiger partial charge in [0.1, 0.15) is 5.82 Å². The minimum absolute atomic E-state index is 0.0178. The van der Waals surface area contributed by atoms with Gasteiger partial charge in [0, 0.05) is 11.3 Å². The van der Waals surface area contributed by atoms with Crippen LogP contribution in [0, 0.1) is 26.6 Å². The number of rotatable bonds is 5. The topological polar surface area (TPSA) is 75.3 Å². The van der Waals surface area contributed by atoms with E-state index < -0.39 is 21.7 Å². The third-order valence-electron chi connectivity index (χ3n) is 4.47. The second kappa shape index (κ2) is 8.05. The lowest BCUT2D eigenvalue weighted by molar-refractivity contribution is 0.102. The maximum Gasteiger partial charge on any atom is 0.262 e. The number of nitrogens with one attached hydrogen (secondary N) is 2. The highest BCUT2D eigenvalue weighted by Crippen LogP contribution is 2.24. The molecule has 2 N–H and O–H groups in total. The lowest BCUT2D eigenvalue weighted by atomic mass is 10.1. The van der Waals surface area contributed by atoms with E-state index in [1.165, 1.54) is 30.3 Å². The van der Waals surface area contributed by atoms with Crippen LogP contribution < -0.4 is 10.0 Å². The summed E-state index contributed by atoms with van der Waals surface area (Å²) in [5, 5.41) is 2.63. The molecule has 3 rings (SSSR count). The predicted molar refractivity (Wildman–Crippen MR) is 112 cm³/mol. The Labute approximate surface area is 169 Å². The minimum atomic E-state index is -3.89. The molecule has 0 radical (unpaired) electrons. The standard InChI is InChI=1S/C22H21FN2O3S/c1-14-4-11-20(16(3)12-14)25-29(27,28)21-13-17(6-5-15(21)2)22(26)24-19-9-7-18(23)8-10-19/h4-13,25H,1-3H3,(H,24,26). The highest BCUT2D eigenvalue weighted by atomic mass is 32.2. The molecule has 0 unspecified atom stereocenters. The van der Waals surface area contributed by atoms with Crippen LogP contribution in [0.2, 0.25) is 0 Å². The van der Waals surface area contributed by atoms with Crippen molar-refractivity contribution in [2.75, 3.05) is 10.0 Å². The zero-order valence-corrected chi connectivity index (χ0v) is 17.1. The summed E-state index contributed by atoms with van der Waals surface area (Å²) in [6.45, 7) is 5.42. The molecule has 29 heavy (non-hydrogen) atoms. The van der Waals surface area contributed by atoms with Gasteiger partial charge in [-0.25, -0.2) is 12.8 Å². The highest BCUT2D eigenvalue weighted by Gasteiger charge is 2.20. The van der Waals surface area contributed by atoms with Crippen molar-refractivity contribution >= 4 is 27.3 Å². The van der Waals surface area contributed by atoms with Crippen LogP contribution in [0.5, 0.6) is 0 Å². The van der Waals surface area contributed by atoms with E-state index >= 15 is 0 Å². The zero-order valence-electron chi connectivity index (χ0n) is 16.3. The second-order valence-corrected chi connectivity index (χ2v) is 8.52. The summed E-state index contributed by atoms with van der Waals surface area (Å²) in [4.78, 5) is 12.5. The molecule has 0 saturated carbocycles. The number of anilines is 2. The molecular formula is C22H21FN2O3S. The van der Waals surface area contributed by atoms with Gasteiger partial charge in [0.25, 0.3) is 15.9 Å². The first kappa shape index (κ1) is 20.5. The smallest absolute Gasteiger partial charge is 0.262 e. The molecule has 0 saturated heterocycles. The Morgan fingerprint density at radius 2 is 1.55 bits per heavy atom. The molecule has 0 bridgehead atoms. The van der Waals surface area contributed by atoms with Crippen LogP contribution in [0.25, 0.3) is 0 Å². The fourth-order valence-electron chi connectivity index (χ4n) is 2.90. The zero-order chi connectivity index (χ0) is 21.2. The number of aryl methyl sites for hydroxylation is 3. The summed E-state index contributed by atoms with van der Waals surface area (Å²) in [5.74, 6) is -0.899. The molecular weight excluding hydrogens is 391 g/mol. The van der Waals surface area contributed by atoms with Crippen molar-refractivity contribution in [3.05, 3.63) is 88.7 Å². The number of hydrogen-bond acceptors (Lipinski definition) is 3. The van der Waals surface area contributed by atoms with Gasteiger partial charge in [-0.1, -0.05) is 23.8 Å². The van der Waals surface area contributed by atoms with Gasteiger partial charge in [-0.05, 0) is 74.4 Å². The Morgan fingerprint density at radius 1 is 0.862 bits per heavy atom. The van der Waals surface area contributed by atoms with Crippen molar-refractivity contribution in [2.24, 2.45) is 0 Å². The lowest BCUT2D eigenvalue weighted by Gasteiger charge is -2.14. The highest BCUT2D eigenvalue weighted by molar-refractivity contribution is 7.92. The summed E-state index contributed by atoms with van der Waals surface area (Å²) in [7, 11) is -3.89. The summed E-state index contributed by atoms with van der Waals surface area (Å²) in [6, 6.07) is 15.2. The van der Waals surface area contributed by atoms with Gasteiger partial charge in [-0.3, -0.25) is 9.52 Å². The number of halogens is 1. The van der Waals surface area contributed by atoms with Crippen molar-refractivity contribution in [1.29, 1.82) is 0 Å². The van der Waals surface area contributed by atoms with Crippen molar-refractivity contribution in [3.63, 3.8) is 0 Å². The van der Waals surface area contributed by atoms with Crippen LogP contribution in [0.4, 0.5) is 15.8 Å². The maximum absolute atomic E-state index is 13.0. The fraction of sp³-hybridized carbons (Fsp3) is 0.136. The molecule has 7 heteroatoms. The van der Waals surface area contributed by atoms with Gasteiger partial charge in [-0.15, -0.1) is 0 Å². The van der Waals surface area contributed by atoms with E-state index in [4.69, 9.17) is 0 Å². The van der Waals surface area contributed by atoms with Crippen LogP contribution in [0.15, 0.2) is 65.6 Å². The first-order chi connectivity index (χ1) is 13.7. The molecule has 0 aromatic heterocycles. The van der Waals surface area contributed by atoms with E-state index in [9.17, 15) is 17.6 Å². The van der Waals surface area contributed by atoms with E-state index in [-0.39, 0.29) is 10.5 Å². The van der Waals surface area contributed by atoms with E-state index in [1.807, 2.05) is 26.0 Å². The average Bonchev–Trinajstić information content (AvgIpc) is 2.66. The predicted octanol–water partition coefficient (Wildman–Crippen LogP) is 4.80. The number of hydrogen-bond donors (Lipinski definition) is 2. The number of carbonyl (C=O) groups is 1. The molecule has 3 aromatic carbocycles. The molecule has 0 spiro atoms. The Morgan fingerprint density at radius 3 is 2.21 bits per heavy atom. The Bertz CT molecular complexity index is 1170. The maximum atomic E-state index is 13.0. The molecule has 150 valence electrons. The normalized spacial score (nSPS) is 11.2. The molecule has 0 aliphatic heterocycles. The molecule has 0 heterocycles. The summed E-state index contributed by atoms with van der Waals surface area (Å²) in [5.41, 5.74) is 3.42. The van der Waals surface area contributed by atoms with Crippen LogP contribution in [-0.4, -0.2) is 14.3 Å². The van der Waals surface area contributed by atoms with Crippen LogP contribution in [0.3, 0.4) is 0 Å². The van der Waals surface area contributed by atoms with Crippen molar-refractivity contribution in [3.8, 4) is 0 Å². The van der Waals surface area contributed by atoms with E-state index in [2.05, 4.69) is 10.0 Å². The molecule has 5 nitrogen and oxygen atoms in total. The number of benzene rings is 3. The van der Waals surface area contributed by atoms with Crippen molar-refractivity contribution in [1.82, 2.24) is 0 Å². The average molecular weight is 412 g/mol. The summed E-state index contributed by atoms with van der Waals surface area (Å²) >= 11 is 0. The SMILES string of the molecule is Cc1ccc(NS(=O)(=O)c2cc(C(=O)Nc3ccc(F)cc3)ccc2C)c(C)c1. The third-order valence-corrected chi connectivity index (χ3v) is 5.98. The van der Waals surface area contributed by atoms with Crippen LogP contribution in [-0.2, 0) is 10.0 Å². The first-order valence-corrected chi connectivity index (χ1v) is 10.4. The molecule has 0 atom stereocenters. The molecule has 0 aliphatic carbocycles. The van der Waals surface area contributed by atoms with E-state index in [0.717, 1.165) is 11.1 Å². The van der Waals surface area contributed by atoms with Crippen LogP contribution >= 0.6 is 0 Å².